The average Bonchev–Trinajstić information content (AvgIpc) is 2.88. The Hall–Kier alpha value is -3.61. The van der Waals surface area contributed by atoms with Crippen LogP contribution in [0.1, 0.15) is 13.3 Å². The highest BCUT2D eigenvalue weighted by atomic mass is 32.2. The monoisotopic (exact) mass is 518 g/mol. The minimum Gasteiger partial charge on any atom is -0.376 e. The van der Waals surface area contributed by atoms with Crippen molar-refractivity contribution in [2.45, 2.75) is 25.4 Å². The Morgan fingerprint density at radius 2 is 1.86 bits per heavy atom. The van der Waals surface area contributed by atoms with Gasteiger partial charge >= 0.3 is 17.8 Å². The lowest BCUT2D eigenvalue weighted by Gasteiger charge is -2.38. The molecular formula is C23H30N6O6S. The van der Waals surface area contributed by atoms with Gasteiger partial charge in [-0.2, -0.15) is 11.8 Å². The number of thioether (sulfide) groups is 1. The van der Waals surface area contributed by atoms with Crippen molar-refractivity contribution in [3.05, 3.63) is 30.3 Å². The quantitative estimate of drug-likeness (QED) is 0.277. The van der Waals surface area contributed by atoms with Crippen molar-refractivity contribution in [3.63, 3.8) is 0 Å². The average molecular weight is 519 g/mol. The number of amides is 7. The van der Waals surface area contributed by atoms with E-state index in [1.807, 2.05) is 12.3 Å². The summed E-state index contributed by atoms with van der Waals surface area (Å²) in [4.78, 5) is 79.3. The van der Waals surface area contributed by atoms with E-state index in [1.165, 1.54) is 16.7 Å². The summed E-state index contributed by atoms with van der Waals surface area (Å²) >= 11 is 1.43. The third kappa shape index (κ3) is 6.14. The van der Waals surface area contributed by atoms with Gasteiger partial charge in [0.05, 0.1) is 6.54 Å². The maximum atomic E-state index is 13.5. The molecule has 2 atom stereocenters. The number of nitrogens with one attached hydrogen (secondary N) is 3. The van der Waals surface area contributed by atoms with Crippen molar-refractivity contribution in [1.29, 1.82) is 0 Å². The van der Waals surface area contributed by atoms with E-state index in [1.54, 1.807) is 31.2 Å². The number of piperazine rings is 1. The van der Waals surface area contributed by atoms with Gasteiger partial charge in [-0.25, -0.2) is 4.79 Å². The number of benzene rings is 1. The van der Waals surface area contributed by atoms with Crippen LogP contribution in [0.3, 0.4) is 0 Å². The molecule has 36 heavy (non-hydrogen) atoms. The molecule has 1 unspecified atom stereocenters. The standard InChI is InChI=1S/C23H30N6O6S/c1-3-27-10-11-28(22(34)21(27)33)23(35)26-16(9-12-36-2)20(32)29(17-13-25-19(17)31)18(30)14-24-15-7-5-4-6-8-15/h4-8,16-17,24H,3,9-14H2,1-2H3,(H,25,31)(H,26,35)/t16-,17?/m0/s1. The van der Waals surface area contributed by atoms with Crippen molar-refractivity contribution in [2.24, 2.45) is 0 Å². The van der Waals surface area contributed by atoms with Gasteiger partial charge in [-0.05, 0) is 37.5 Å². The zero-order valence-electron chi connectivity index (χ0n) is 20.2. The van der Waals surface area contributed by atoms with E-state index in [0.29, 0.717) is 18.0 Å². The van der Waals surface area contributed by atoms with E-state index < -0.39 is 47.7 Å². The minimum absolute atomic E-state index is 0.0116. The molecule has 12 nitrogen and oxygen atoms in total. The highest BCUT2D eigenvalue weighted by Crippen LogP contribution is 2.15. The molecule has 0 aliphatic carbocycles. The molecule has 3 rings (SSSR count). The SMILES string of the molecule is CCN1CCN(C(=O)N[C@@H](CCSC)C(=O)N(C(=O)CNc2ccccc2)C2CNC2=O)C(=O)C1=O. The van der Waals surface area contributed by atoms with Crippen LogP contribution in [0.25, 0.3) is 0 Å². The van der Waals surface area contributed by atoms with Crippen molar-refractivity contribution < 1.29 is 28.8 Å². The Labute approximate surface area is 213 Å². The van der Waals surface area contributed by atoms with Gasteiger partial charge in [0, 0.05) is 31.9 Å². The number of likely N-dealkylation sites (N-methyl/N-ethyl adjacent to an activating group) is 1. The number of hydrogen-bond acceptors (Lipinski definition) is 8. The summed E-state index contributed by atoms with van der Waals surface area (Å²) < 4.78 is 0. The summed E-state index contributed by atoms with van der Waals surface area (Å²) in [6.45, 7) is 2.11. The Morgan fingerprint density at radius 3 is 2.44 bits per heavy atom. The van der Waals surface area contributed by atoms with E-state index in [4.69, 9.17) is 0 Å². The van der Waals surface area contributed by atoms with Crippen LogP contribution >= 0.6 is 11.8 Å². The summed E-state index contributed by atoms with van der Waals surface area (Å²) in [5, 5.41) is 7.98. The molecule has 2 saturated heterocycles. The number of para-hydroxylation sites is 1. The Morgan fingerprint density at radius 1 is 1.14 bits per heavy atom. The number of rotatable bonds is 10. The molecule has 2 heterocycles. The molecule has 0 bridgehead atoms. The first kappa shape index (κ1) is 27.0. The van der Waals surface area contributed by atoms with Crippen LogP contribution in [0.5, 0.6) is 0 Å². The lowest BCUT2D eigenvalue weighted by Crippen LogP contribution is -2.68. The molecule has 0 saturated carbocycles. The largest absolute Gasteiger partial charge is 0.376 e. The molecular weight excluding hydrogens is 488 g/mol. The number of nitrogens with zero attached hydrogens (tertiary/aromatic N) is 3. The van der Waals surface area contributed by atoms with Crippen LogP contribution in [0.2, 0.25) is 0 Å². The van der Waals surface area contributed by atoms with Gasteiger partial charge in [0.15, 0.2) is 0 Å². The zero-order chi connectivity index (χ0) is 26.2. The van der Waals surface area contributed by atoms with E-state index in [9.17, 15) is 28.8 Å². The Bertz CT molecular complexity index is 1020. The van der Waals surface area contributed by atoms with Crippen LogP contribution in [-0.2, 0) is 24.0 Å². The number of anilines is 1. The lowest BCUT2D eigenvalue weighted by molar-refractivity contribution is -0.156. The predicted molar refractivity (Wildman–Crippen MR) is 133 cm³/mol. The van der Waals surface area contributed by atoms with Crippen molar-refractivity contribution in [1.82, 2.24) is 25.3 Å². The van der Waals surface area contributed by atoms with Gasteiger partial charge in [-0.15, -0.1) is 0 Å². The van der Waals surface area contributed by atoms with Gasteiger partial charge in [-0.1, -0.05) is 18.2 Å². The molecule has 2 aliphatic heterocycles. The van der Waals surface area contributed by atoms with Crippen LogP contribution in [0, 0.1) is 0 Å². The molecule has 2 fully saturated rings. The highest BCUT2D eigenvalue weighted by molar-refractivity contribution is 7.98. The fourth-order valence-corrected chi connectivity index (χ4v) is 4.28. The number of β-lactam (4-membered cyclic amide) rings is 1. The lowest BCUT2D eigenvalue weighted by atomic mass is 10.1. The molecule has 1 aromatic rings. The van der Waals surface area contributed by atoms with Gasteiger partial charge in [0.2, 0.25) is 11.8 Å². The van der Waals surface area contributed by atoms with Gasteiger partial charge in [-0.3, -0.25) is 33.8 Å². The van der Waals surface area contributed by atoms with Crippen LogP contribution in [0.15, 0.2) is 30.3 Å². The van der Waals surface area contributed by atoms with E-state index in [-0.39, 0.29) is 32.6 Å². The van der Waals surface area contributed by atoms with Gasteiger partial charge in [0.25, 0.3) is 5.91 Å². The van der Waals surface area contributed by atoms with Crippen LogP contribution in [-0.4, -0.2) is 107 Å². The molecule has 0 spiro atoms. The number of imide groups is 2. The van der Waals surface area contributed by atoms with Crippen molar-refractivity contribution in [3.8, 4) is 0 Å². The molecule has 13 heteroatoms. The smallest absolute Gasteiger partial charge is 0.325 e. The fourth-order valence-electron chi connectivity index (χ4n) is 3.81. The number of carbonyl (C=O) groups is 6. The summed E-state index contributed by atoms with van der Waals surface area (Å²) in [6, 6.07) is 5.85. The Kier molecular flexibility index (Phi) is 9.28. The molecule has 0 radical (unpaired) electrons. The maximum Gasteiger partial charge on any atom is 0.325 e. The predicted octanol–water partition coefficient (Wildman–Crippen LogP) is -0.526. The third-order valence-corrected chi connectivity index (χ3v) is 6.59. The maximum absolute atomic E-state index is 13.5. The highest BCUT2D eigenvalue weighted by Gasteiger charge is 2.43. The topological polar surface area (TPSA) is 148 Å². The second-order valence-electron chi connectivity index (χ2n) is 8.21. The van der Waals surface area contributed by atoms with Crippen molar-refractivity contribution >= 4 is 53.0 Å². The van der Waals surface area contributed by atoms with Crippen molar-refractivity contribution in [2.75, 3.05) is 50.0 Å². The first-order valence-corrected chi connectivity index (χ1v) is 13.0. The number of carbonyl (C=O) groups excluding carboxylic acids is 6. The number of hydrogen-bond donors (Lipinski definition) is 3. The second kappa shape index (κ2) is 12.4. The fraction of sp³-hybridized carbons (Fsp3) is 0.478. The molecule has 1 aromatic carbocycles. The molecule has 0 aromatic heterocycles. The molecule has 194 valence electrons. The second-order valence-corrected chi connectivity index (χ2v) is 9.19. The molecule has 2 aliphatic rings. The molecule has 3 N–H and O–H groups in total. The third-order valence-electron chi connectivity index (χ3n) is 5.95. The zero-order valence-corrected chi connectivity index (χ0v) is 21.0. The molecule has 7 amide bonds. The summed E-state index contributed by atoms with van der Waals surface area (Å²) in [6.07, 6.45) is 1.98. The van der Waals surface area contributed by atoms with Crippen LogP contribution in [0.4, 0.5) is 10.5 Å². The summed E-state index contributed by atoms with van der Waals surface area (Å²) in [7, 11) is 0. The van der Waals surface area contributed by atoms with Gasteiger partial charge in [0.1, 0.15) is 12.1 Å². The minimum atomic E-state index is -1.17. The van der Waals surface area contributed by atoms with E-state index >= 15 is 0 Å². The van der Waals surface area contributed by atoms with E-state index in [2.05, 4.69) is 16.0 Å². The normalized spacial score (nSPS) is 18.2. The first-order chi connectivity index (χ1) is 17.3. The Balaban J connectivity index is 1.75. The van der Waals surface area contributed by atoms with Gasteiger partial charge < -0.3 is 20.9 Å². The first-order valence-electron chi connectivity index (χ1n) is 11.6. The van der Waals surface area contributed by atoms with E-state index in [0.717, 1.165) is 9.80 Å². The summed E-state index contributed by atoms with van der Waals surface area (Å²) in [5.74, 6) is -3.15. The number of urea groups is 1. The summed E-state index contributed by atoms with van der Waals surface area (Å²) in [5.41, 5.74) is 0.665. The van der Waals surface area contributed by atoms with Crippen LogP contribution < -0.4 is 16.0 Å².